The van der Waals surface area contributed by atoms with Crippen LogP contribution in [0.3, 0.4) is 0 Å². The van der Waals surface area contributed by atoms with Gasteiger partial charge in [-0.25, -0.2) is 4.79 Å². The second kappa shape index (κ2) is 6.00. The van der Waals surface area contributed by atoms with Crippen LogP contribution >= 0.6 is 0 Å². The molecule has 3 rings (SSSR count). The van der Waals surface area contributed by atoms with Crippen molar-refractivity contribution < 1.29 is 23.9 Å². The average molecular weight is 292 g/mol. The van der Waals surface area contributed by atoms with E-state index in [0.717, 1.165) is 25.7 Å². The van der Waals surface area contributed by atoms with E-state index in [1.165, 1.54) is 6.42 Å². The lowest BCUT2D eigenvalue weighted by Crippen LogP contribution is -2.28. The molecule has 0 N–H and O–H groups in total. The van der Waals surface area contributed by atoms with E-state index in [2.05, 4.69) is 0 Å². The quantitative estimate of drug-likeness (QED) is 0.583. The zero-order valence-electron chi connectivity index (χ0n) is 12.0. The molecule has 0 aromatic heterocycles. The van der Waals surface area contributed by atoms with E-state index in [4.69, 9.17) is 9.47 Å². The summed E-state index contributed by atoms with van der Waals surface area (Å²) < 4.78 is 10.3. The Morgan fingerprint density at radius 3 is 2.52 bits per heavy atom. The lowest BCUT2D eigenvalue weighted by molar-refractivity contribution is -0.165. The number of esters is 2. The van der Waals surface area contributed by atoms with Crippen molar-refractivity contribution in [3.05, 3.63) is 12.2 Å². The number of allylic oxidation sites excluding steroid dienone is 2. The summed E-state index contributed by atoms with van der Waals surface area (Å²) in [7, 11) is 0. The summed E-state index contributed by atoms with van der Waals surface area (Å²) in [6, 6.07) is 0. The predicted octanol–water partition coefficient (Wildman–Crippen LogP) is 1.80. The molecule has 0 amide bonds. The summed E-state index contributed by atoms with van der Waals surface area (Å²) in [5.41, 5.74) is 0. The normalized spacial score (nSPS) is 31.4. The van der Waals surface area contributed by atoms with Crippen LogP contribution < -0.4 is 0 Å². The first kappa shape index (κ1) is 14.3. The van der Waals surface area contributed by atoms with Crippen LogP contribution in [0.25, 0.3) is 0 Å². The van der Waals surface area contributed by atoms with Crippen molar-refractivity contribution in [2.24, 2.45) is 17.8 Å². The van der Waals surface area contributed by atoms with Gasteiger partial charge < -0.3 is 9.47 Å². The van der Waals surface area contributed by atoms with Gasteiger partial charge in [0, 0.05) is 11.8 Å². The Morgan fingerprint density at radius 1 is 1.14 bits per heavy atom. The number of ether oxygens (including phenoxy) is 2. The van der Waals surface area contributed by atoms with Gasteiger partial charge in [-0.05, 0) is 32.1 Å². The highest BCUT2D eigenvalue weighted by atomic mass is 16.6. The average Bonchev–Trinajstić information content (AvgIpc) is 3.01. The number of hydrogen-bond acceptors (Lipinski definition) is 5. The maximum absolute atomic E-state index is 12.0. The van der Waals surface area contributed by atoms with Crippen molar-refractivity contribution in [2.75, 3.05) is 6.61 Å². The maximum Gasteiger partial charge on any atom is 0.344 e. The van der Waals surface area contributed by atoms with Crippen LogP contribution in [0.5, 0.6) is 0 Å². The molecule has 0 saturated heterocycles. The molecule has 3 aliphatic rings. The Balaban J connectivity index is 1.42. The van der Waals surface area contributed by atoms with Crippen molar-refractivity contribution in [2.45, 2.75) is 44.6 Å². The van der Waals surface area contributed by atoms with Crippen LogP contribution in [-0.4, -0.2) is 30.4 Å². The second-order valence-electron chi connectivity index (χ2n) is 6.12. The molecule has 0 heterocycles. The van der Waals surface area contributed by atoms with E-state index in [0.29, 0.717) is 6.42 Å². The number of fused-ring (bicyclic) bond motifs is 2. The highest BCUT2D eigenvalue weighted by molar-refractivity contribution is 5.97. The Kier molecular flexibility index (Phi) is 4.08. The standard InChI is InChI=1S/C16H20O5/c17-14(21-11-4-2-1-3-5-11)9-20-16(19)13-8-10-6-7-12(13)15(10)18/h6-7,10-13H,1-5,8-9H2. The lowest BCUT2D eigenvalue weighted by Gasteiger charge is -2.22. The SMILES string of the molecule is O=C(COC(=O)C1CC2C=CC1C2=O)OC1CCCCC1. The van der Waals surface area contributed by atoms with Crippen LogP contribution in [0.15, 0.2) is 12.2 Å². The molecule has 21 heavy (non-hydrogen) atoms. The molecule has 0 aromatic rings. The van der Waals surface area contributed by atoms with Crippen molar-refractivity contribution in [1.29, 1.82) is 0 Å². The van der Waals surface area contributed by atoms with Crippen LogP contribution in [0, 0.1) is 17.8 Å². The Morgan fingerprint density at radius 2 is 1.90 bits per heavy atom. The zero-order chi connectivity index (χ0) is 14.8. The Hall–Kier alpha value is -1.65. The maximum atomic E-state index is 12.0. The molecule has 0 aromatic carbocycles. The van der Waals surface area contributed by atoms with Crippen LogP contribution in [0.2, 0.25) is 0 Å². The molecule has 5 heteroatoms. The minimum absolute atomic E-state index is 0.0306. The predicted molar refractivity (Wildman–Crippen MR) is 73.2 cm³/mol. The third kappa shape index (κ3) is 3.01. The fraction of sp³-hybridized carbons (Fsp3) is 0.688. The molecule has 2 bridgehead atoms. The molecule has 3 aliphatic carbocycles. The van der Waals surface area contributed by atoms with Gasteiger partial charge in [0.1, 0.15) is 11.9 Å². The fourth-order valence-corrected chi connectivity index (χ4v) is 3.52. The van der Waals surface area contributed by atoms with Gasteiger partial charge in [-0.3, -0.25) is 9.59 Å². The summed E-state index contributed by atoms with van der Waals surface area (Å²) in [4.78, 5) is 35.4. The first-order chi connectivity index (χ1) is 10.1. The molecular formula is C16H20O5. The fourth-order valence-electron chi connectivity index (χ4n) is 3.52. The van der Waals surface area contributed by atoms with Gasteiger partial charge in [-0.2, -0.15) is 0 Å². The molecule has 2 fully saturated rings. The Bertz CT molecular complexity index is 475. The van der Waals surface area contributed by atoms with E-state index < -0.39 is 17.9 Å². The second-order valence-corrected chi connectivity index (χ2v) is 6.12. The summed E-state index contributed by atoms with van der Waals surface area (Å²) in [5, 5.41) is 0. The van der Waals surface area contributed by atoms with Crippen LogP contribution in [0.1, 0.15) is 38.5 Å². The van der Waals surface area contributed by atoms with Crippen molar-refractivity contribution >= 4 is 17.7 Å². The molecule has 2 saturated carbocycles. The minimum atomic E-state index is -0.486. The van der Waals surface area contributed by atoms with Gasteiger partial charge in [0.15, 0.2) is 6.61 Å². The molecule has 0 radical (unpaired) electrons. The molecule has 0 aliphatic heterocycles. The van der Waals surface area contributed by atoms with Crippen LogP contribution in [-0.2, 0) is 23.9 Å². The first-order valence-electron chi connectivity index (χ1n) is 7.73. The number of rotatable bonds is 4. The molecular weight excluding hydrogens is 272 g/mol. The molecule has 114 valence electrons. The molecule has 5 nitrogen and oxygen atoms in total. The Labute approximate surface area is 123 Å². The first-order valence-corrected chi connectivity index (χ1v) is 7.73. The highest BCUT2D eigenvalue weighted by Gasteiger charge is 2.47. The van der Waals surface area contributed by atoms with E-state index in [1.54, 1.807) is 6.08 Å². The summed E-state index contributed by atoms with van der Waals surface area (Å²) in [5.74, 6) is -1.75. The summed E-state index contributed by atoms with van der Waals surface area (Å²) in [6.45, 7) is -0.346. The van der Waals surface area contributed by atoms with Gasteiger partial charge in [-0.15, -0.1) is 0 Å². The minimum Gasteiger partial charge on any atom is -0.460 e. The summed E-state index contributed by atoms with van der Waals surface area (Å²) >= 11 is 0. The number of carbonyl (C=O) groups excluding carboxylic acids is 3. The largest absolute Gasteiger partial charge is 0.460 e. The van der Waals surface area contributed by atoms with Crippen molar-refractivity contribution in [1.82, 2.24) is 0 Å². The molecule has 3 atom stereocenters. The van der Waals surface area contributed by atoms with Gasteiger partial charge in [0.05, 0.1) is 5.92 Å². The van der Waals surface area contributed by atoms with Gasteiger partial charge in [0.25, 0.3) is 0 Å². The van der Waals surface area contributed by atoms with Crippen molar-refractivity contribution in [3.63, 3.8) is 0 Å². The summed E-state index contributed by atoms with van der Waals surface area (Å²) in [6.07, 6.45) is 9.25. The smallest absolute Gasteiger partial charge is 0.344 e. The van der Waals surface area contributed by atoms with Gasteiger partial charge >= 0.3 is 11.9 Å². The number of Topliss-reactive ketones (excluding diaryl/α,β-unsaturated/α-hetero) is 1. The van der Waals surface area contributed by atoms with Gasteiger partial charge in [-0.1, -0.05) is 18.6 Å². The third-order valence-corrected chi connectivity index (χ3v) is 4.67. The highest BCUT2D eigenvalue weighted by Crippen LogP contribution is 2.41. The zero-order valence-corrected chi connectivity index (χ0v) is 12.0. The number of ketones is 1. The van der Waals surface area contributed by atoms with E-state index in [1.807, 2.05) is 6.08 Å². The van der Waals surface area contributed by atoms with Crippen molar-refractivity contribution in [3.8, 4) is 0 Å². The topological polar surface area (TPSA) is 69.7 Å². The van der Waals surface area contributed by atoms with E-state index in [9.17, 15) is 14.4 Å². The van der Waals surface area contributed by atoms with E-state index >= 15 is 0 Å². The monoisotopic (exact) mass is 292 g/mol. The van der Waals surface area contributed by atoms with Crippen LogP contribution in [0.4, 0.5) is 0 Å². The van der Waals surface area contributed by atoms with Gasteiger partial charge in [0.2, 0.25) is 0 Å². The molecule has 3 unspecified atom stereocenters. The number of carbonyl (C=O) groups is 3. The van der Waals surface area contributed by atoms with E-state index in [-0.39, 0.29) is 30.3 Å². The molecule has 0 spiro atoms. The third-order valence-electron chi connectivity index (χ3n) is 4.67. The number of hydrogen-bond donors (Lipinski definition) is 0. The lowest BCUT2D eigenvalue weighted by atomic mass is 9.94.